The molecule has 0 radical (unpaired) electrons. The number of hydrogen-bond donors (Lipinski definition) is 2. The van der Waals surface area contributed by atoms with E-state index < -0.39 is 11.9 Å². The van der Waals surface area contributed by atoms with Crippen LogP contribution in [0.5, 0.6) is 0 Å². The Morgan fingerprint density at radius 2 is 2.22 bits per heavy atom. The van der Waals surface area contributed by atoms with Gasteiger partial charge in [0.2, 0.25) is 5.95 Å². The molecule has 98 valence electrons. The number of likely N-dealkylation sites (tertiary alicyclic amines) is 1. The quantitative estimate of drug-likeness (QED) is 0.772. The second-order valence-corrected chi connectivity index (χ2v) is 4.46. The van der Waals surface area contributed by atoms with Crippen molar-refractivity contribution < 1.29 is 14.7 Å². The maximum Gasteiger partial charge on any atom is 0.324 e. The molecule has 1 fully saturated rings. The predicted molar refractivity (Wildman–Crippen MR) is 61.9 cm³/mol. The van der Waals surface area contributed by atoms with Gasteiger partial charge in [-0.05, 0) is 5.92 Å². The van der Waals surface area contributed by atoms with E-state index in [4.69, 9.17) is 5.11 Å². The zero-order valence-electron chi connectivity index (χ0n) is 10.2. The predicted octanol–water partition coefficient (Wildman–Crippen LogP) is -0.000500. The van der Waals surface area contributed by atoms with Gasteiger partial charge < -0.3 is 10.0 Å². The van der Waals surface area contributed by atoms with Crippen LogP contribution in [-0.2, 0) is 11.8 Å². The number of carboxylic acids is 1. The molecule has 0 saturated carbocycles. The number of carboxylic acid groups (broad SMARTS) is 1. The summed E-state index contributed by atoms with van der Waals surface area (Å²) in [4.78, 5) is 28.2. The Kier molecular flexibility index (Phi) is 3.17. The van der Waals surface area contributed by atoms with E-state index in [9.17, 15) is 9.59 Å². The molecule has 8 heteroatoms. The summed E-state index contributed by atoms with van der Waals surface area (Å²) in [6.07, 6.45) is 1.34. The van der Waals surface area contributed by atoms with Crippen LogP contribution in [0.25, 0.3) is 0 Å². The van der Waals surface area contributed by atoms with E-state index in [1.54, 1.807) is 7.05 Å². The van der Waals surface area contributed by atoms with E-state index >= 15 is 0 Å². The van der Waals surface area contributed by atoms with Crippen molar-refractivity contribution in [2.45, 2.75) is 6.92 Å². The van der Waals surface area contributed by atoms with Crippen molar-refractivity contribution in [3.8, 4) is 0 Å². The van der Waals surface area contributed by atoms with Gasteiger partial charge in [0.25, 0.3) is 0 Å². The minimum Gasteiger partial charge on any atom is -0.481 e. The summed E-state index contributed by atoms with van der Waals surface area (Å²) < 4.78 is 1.44. The number of nitrogens with zero attached hydrogens (tertiary/aromatic N) is 4. The van der Waals surface area contributed by atoms with E-state index in [2.05, 4.69) is 15.4 Å². The molecule has 1 aromatic heterocycles. The largest absolute Gasteiger partial charge is 0.481 e. The van der Waals surface area contributed by atoms with Gasteiger partial charge in [-0.3, -0.25) is 10.1 Å². The van der Waals surface area contributed by atoms with Crippen LogP contribution in [0.2, 0.25) is 0 Å². The molecule has 0 spiro atoms. The SMILES string of the molecule is CC1CN(C(=O)Nc2ncnn2C)CC1C(=O)O. The molecule has 2 heterocycles. The summed E-state index contributed by atoms with van der Waals surface area (Å²) in [7, 11) is 1.66. The van der Waals surface area contributed by atoms with Crippen LogP contribution in [0.4, 0.5) is 10.7 Å². The summed E-state index contributed by atoms with van der Waals surface area (Å²) in [5.74, 6) is -1.08. The number of urea groups is 1. The first-order chi connectivity index (χ1) is 8.49. The van der Waals surface area contributed by atoms with Crippen molar-refractivity contribution in [2.75, 3.05) is 18.4 Å². The third-order valence-corrected chi connectivity index (χ3v) is 3.15. The fourth-order valence-corrected chi connectivity index (χ4v) is 2.04. The van der Waals surface area contributed by atoms with Gasteiger partial charge in [-0.2, -0.15) is 10.1 Å². The van der Waals surface area contributed by atoms with Gasteiger partial charge in [0, 0.05) is 20.1 Å². The standard InChI is InChI=1S/C10H15N5O3/c1-6-3-15(4-7(6)8(16)17)10(18)13-9-11-5-12-14(9)2/h5-7H,3-4H2,1-2H3,(H,16,17)(H,11,12,13,18). The summed E-state index contributed by atoms with van der Waals surface area (Å²) in [5.41, 5.74) is 0. The number of anilines is 1. The molecular formula is C10H15N5O3. The van der Waals surface area contributed by atoms with Gasteiger partial charge in [-0.1, -0.05) is 6.92 Å². The number of hydrogen-bond acceptors (Lipinski definition) is 4. The molecule has 2 rings (SSSR count). The zero-order valence-corrected chi connectivity index (χ0v) is 10.2. The number of nitrogens with one attached hydrogen (secondary N) is 1. The molecule has 2 unspecified atom stereocenters. The van der Waals surface area contributed by atoms with Crippen molar-refractivity contribution in [3.63, 3.8) is 0 Å². The first kappa shape index (κ1) is 12.3. The van der Waals surface area contributed by atoms with Crippen LogP contribution in [-0.4, -0.2) is 49.9 Å². The number of aromatic nitrogens is 3. The molecule has 0 aliphatic carbocycles. The molecule has 1 aliphatic rings. The van der Waals surface area contributed by atoms with E-state index in [1.807, 2.05) is 6.92 Å². The smallest absolute Gasteiger partial charge is 0.324 e. The summed E-state index contributed by atoms with van der Waals surface area (Å²) in [6.45, 7) is 2.48. The summed E-state index contributed by atoms with van der Waals surface area (Å²) >= 11 is 0. The fraction of sp³-hybridized carbons (Fsp3) is 0.600. The van der Waals surface area contributed by atoms with Gasteiger partial charge >= 0.3 is 12.0 Å². The molecule has 2 amide bonds. The average Bonchev–Trinajstić information content (AvgIpc) is 2.86. The Hall–Kier alpha value is -2.12. The Balaban J connectivity index is 1.99. The fourth-order valence-electron chi connectivity index (χ4n) is 2.04. The number of rotatable bonds is 2. The van der Waals surface area contributed by atoms with Gasteiger partial charge in [0.05, 0.1) is 5.92 Å². The summed E-state index contributed by atoms with van der Waals surface area (Å²) in [5, 5.41) is 15.4. The molecule has 1 aromatic rings. The van der Waals surface area contributed by atoms with Gasteiger partial charge in [-0.15, -0.1) is 0 Å². The normalized spacial score (nSPS) is 23.1. The van der Waals surface area contributed by atoms with Crippen molar-refractivity contribution in [3.05, 3.63) is 6.33 Å². The van der Waals surface area contributed by atoms with Crippen LogP contribution in [0.1, 0.15) is 6.92 Å². The minimum absolute atomic E-state index is 0.0484. The molecule has 8 nitrogen and oxygen atoms in total. The lowest BCUT2D eigenvalue weighted by molar-refractivity contribution is -0.142. The highest BCUT2D eigenvalue weighted by atomic mass is 16.4. The topological polar surface area (TPSA) is 100 Å². The second kappa shape index (κ2) is 4.63. The number of amides is 2. The highest BCUT2D eigenvalue weighted by molar-refractivity contribution is 5.88. The monoisotopic (exact) mass is 253 g/mol. The Morgan fingerprint density at radius 1 is 1.50 bits per heavy atom. The molecule has 2 atom stereocenters. The first-order valence-electron chi connectivity index (χ1n) is 5.61. The van der Waals surface area contributed by atoms with E-state index in [1.165, 1.54) is 15.9 Å². The lowest BCUT2D eigenvalue weighted by atomic mass is 9.99. The Morgan fingerprint density at radius 3 is 2.72 bits per heavy atom. The number of aryl methyl sites for hydroxylation is 1. The van der Waals surface area contributed by atoms with Crippen molar-refractivity contribution in [1.82, 2.24) is 19.7 Å². The van der Waals surface area contributed by atoms with Crippen molar-refractivity contribution in [1.29, 1.82) is 0 Å². The maximum atomic E-state index is 11.9. The molecular weight excluding hydrogens is 238 g/mol. The lowest BCUT2D eigenvalue weighted by Crippen LogP contribution is -2.34. The number of carbonyl (C=O) groups excluding carboxylic acids is 1. The van der Waals surface area contributed by atoms with Crippen molar-refractivity contribution >= 4 is 17.9 Å². The summed E-state index contributed by atoms with van der Waals surface area (Å²) in [6, 6.07) is -0.346. The minimum atomic E-state index is -0.864. The number of carbonyl (C=O) groups is 2. The molecule has 0 aromatic carbocycles. The van der Waals surface area contributed by atoms with E-state index in [0.717, 1.165) is 0 Å². The third-order valence-electron chi connectivity index (χ3n) is 3.15. The van der Waals surface area contributed by atoms with Crippen LogP contribution < -0.4 is 5.32 Å². The Bertz CT molecular complexity index is 472. The van der Waals surface area contributed by atoms with Gasteiger partial charge in [-0.25, -0.2) is 9.48 Å². The molecule has 0 bridgehead atoms. The Labute approximate surface area is 104 Å². The maximum absolute atomic E-state index is 11.9. The highest BCUT2D eigenvalue weighted by Crippen LogP contribution is 2.23. The van der Waals surface area contributed by atoms with E-state index in [-0.39, 0.29) is 18.5 Å². The van der Waals surface area contributed by atoms with Crippen LogP contribution in [0.15, 0.2) is 6.33 Å². The third kappa shape index (κ3) is 2.27. The van der Waals surface area contributed by atoms with Crippen LogP contribution >= 0.6 is 0 Å². The molecule has 1 saturated heterocycles. The number of aliphatic carboxylic acids is 1. The van der Waals surface area contributed by atoms with Crippen molar-refractivity contribution in [2.24, 2.45) is 18.9 Å². The van der Waals surface area contributed by atoms with Crippen LogP contribution in [0.3, 0.4) is 0 Å². The van der Waals surface area contributed by atoms with Gasteiger partial charge in [0.1, 0.15) is 6.33 Å². The highest BCUT2D eigenvalue weighted by Gasteiger charge is 2.37. The van der Waals surface area contributed by atoms with Gasteiger partial charge in [0.15, 0.2) is 0 Å². The first-order valence-corrected chi connectivity index (χ1v) is 5.61. The molecule has 2 N–H and O–H groups in total. The molecule has 1 aliphatic heterocycles. The van der Waals surface area contributed by atoms with E-state index in [0.29, 0.717) is 12.5 Å². The lowest BCUT2D eigenvalue weighted by Gasteiger charge is -2.15. The molecule has 18 heavy (non-hydrogen) atoms. The second-order valence-electron chi connectivity index (χ2n) is 4.46. The average molecular weight is 253 g/mol. The van der Waals surface area contributed by atoms with Crippen LogP contribution in [0, 0.1) is 11.8 Å². The zero-order chi connectivity index (χ0) is 13.3.